The maximum Gasteiger partial charge on any atom is 0.0973 e. The Morgan fingerprint density at radius 2 is 1.60 bits per heavy atom. The van der Waals surface area contributed by atoms with Gasteiger partial charge in [-0.2, -0.15) is 4.91 Å². The van der Waals surface area contributed by atoms with Gasteiger partial charge in [0.1, 0.15) is 0 Å². The van der Waals surface area contributed by atoms with Crippen molar-refractivity contribution in [2.24, 2.45) is 22.9 Å². The molecular weight excluding hydrogens is 301 g/mol. The highest BCUT2D eigenvalue weighted by molar-refractivity contribution is 14.1. The molecule has 15 heavy (non-hydrogen) atoms. The lowest BCUT2D eigenvalue weighted by molar-refractivity contribution is 0.234. The van der Waals surface area contributed by atoms with Gasteiger partial charge >= 0.3 is 0 Å². The Morgan fingerprint density at radius 3 is 1.93 bits per heavy atom. The zero-order valence-corrected chi connectivity index (χ0v) is 12.9. The Hall–Kier alpha value is 0.330. The highest BCUT2D eigenvalue weighted by Crippen LogP contribution is 2.32. The Bertz CT molecular complexity index is 204. The number of hydrogen-bond acceptors (Lipinski definition) is 2. The maximum absolute atomic E-state index is 10.6. The molecule has 0 aromatic rings. The molecule has 0 fully saturated rings. The largest absolute Gasteiger partial charge is 0.150 e. The van der Waals surface area contributed by atoms with Crippen LogP contribution in [-0.4, -0.2) is 9.46 Å². The molecule has 0 N–H and O–H groups in total. The average Bonchev–Trinajstić information content (AvgIpc) is 2.14. The second-order valence-electron chi connectivity index (χ2n) is 5.48. The van der Waals surface area contributed by atoms with Crippen molar-refractivity contribution in [3.63, 3.8) is 0 Å². The van der Waals surface area contributed by atoms with E-state index in [1.165, 1.54) is 0 Å². The highest BCUT2D eigenvalue weighted by atomic mass is 127. The number of nitroso groups, excluding NO2 is 1. The van der Waals surface area contributed by atoms with E-state index in [1.54, 1.807) is 0 Å². The molecule has 0 aromatic heterocycles. The van der Waals surface area contributed by atoms with Crippen LogP contribution in [0.5, 0.6) is 0 Å². The van der Waals surface area contributed by atoms with Gasteiger partial charge in [-0.15, -0.1) is 0 Å². The third kappa shape index (κ3) is 5.27. The summed E-state index contributed by atoms with van der Waals surface area (Å²) in [6.45, 7) is 12.9. The monoisotopic (exact) mass is 325 g/mol. The van der Waals surface area contributed by atoms with Gasteiger partial charge in [0, 0.05) is 3.92 Å². The van der Waals surface area contributed by atoms with Crippen LogP contribution in [0.4, 0.5) is 0 Å². The van der Waals surface area contributed by atoms with Crippen molar-refractivity contribution < 1.29 is 0 Å². The standard InChI is InChI=1S/C12H24INO/c1-8(7-12(5,6)14-15)9(2)10(3)11(4)13/h8-11H,7H2,1-6H3/t8-,9+,10+,11+/m0/s1. The summed E-state index contributed by atoms with van der Waals surface area (Å²) >= 11 is 2.48. The number of alkyl halides is 1. The third-order valence-corrected chi connectivity index (χ3v) is 4.65. The number of hydrogen-bond donors (Lipinski definition) is 0. The summed E-state index contributed by atoms with van der Waals surface area (Å²) in [5.74, 6) is 1.87. The summed E-state index contributed by atoms with van der Waals surface area (Å²) in [4.78, 5) is 10.6. The van der Waals surface area contributed by atoms with Crippen LogP contribution in [0.3, 0.4) is 0 Å². The minimum Gasteiger partial charge on any atom is -0.150 e. The first-order valence-electron chi connectivity index (χ1n) is 5.70. The molecule has 90 valence electrons. The Balaban J connectivity index is 4.33. The quantitative estimate of drug-likeness (QED) is 0.397. The fourth-order valence-electron chi connectivity index (χ4n) is 1.95. The molecule has 0 aromatic carbocycles. The van der Waals surface area contributed by atoms with E-state index in [2.05, 4.69) is 55.5 Å². The van der Waals surface area contributed by atoms with E-state index in [4.69, 9.17) is 0 Å². The van der Waals surface area contributed by atoms with Crippen LogP contribution in [-0.2, 0) is 0 Å². The summed E-state index contributed by atoms with van der Waals surface area (Å²) in [5, 5.41) is 3.20. The summed E-state index contributed by atoms with van der Waals surface area (Å²) in [6, 6.07) is 0. The lowest BCUT2D eigenvalue weighted by atomic mass is 9.78. The summed E-state index contributed by atoms with van der Waals surface area (Å²) < 4.78 is 0.673. The second kappa shape index (κ2) is 6.16. The predicted octanol–water partition coefficient (Wildman–Crippen LogP) is 4.65. The molecule has 0 unspecified atom stereocenters. The van der Waals surface area contributed by atoms with Gasteiger partial charge in [-0.25, -0.2) is 0 Å². The molecule has 2 nitrogen and oxygen atoms in total. The maximum atomic E-state index is 10.6. The van der Waals surface area contributed by atoms with Crippen LogP contribution in [0.1, 0.15) is 48.0 Å². The molecule has 0 saturated heterocycles. The second-order valence-corrected chi connectivity index (χ2v) is 7.45. The van der Waals surface area contributed by atoms with Gasteiger partial charge in [-0.3, -0.25) is 0 Å². The topological polar surface area (TPSA) is 29.4 Å². The van der Waals surface area contributed by atoms with Crippen molar-refractivity contribution in [2.45, 2.75) is 57.4 Å². The molecule has 0 aliphatic heterocycles. The van der Waals surface area contributed by atoms with Gasteiger partial charge in [0.25, 0.3) is 0 Å². The van der Waals surface area contributed by atoms with Gasteiger partial charge in [0.15, 0.2) is 0 Å². The van der Waals surface area contributed by atoms with Crippen molar-refractivity contribution in [1.29, 1.82) is 0 Å². The molecule has 0 rings (SSSR count). The van der Waals surface area contributed by atoms with Crippen LogP contribution in [0.15, 0.2) is 5.18 Å². The van der Waals surface area contributed by atoms with Gasteiger partial charge in [-0.05, 0) is 38.0 Å². The van der Waals surface area contributed by atoms with Crippen LogP contribution >= 0.6 is 22.6 Å². The summed E-state index contributed by atoms with van der Waals surface area (Å²) in [6.07, 6.45) is 0.880. The molecule has 0 aliphatic rings. The van der Waals surface area contributed by atoms with Crippen molar-refractivity contribution in [1.82, 2.24) is 0 Å². The van der Waals surface area contributed by atoms with Gasteiger partial charge in [0.05, 0.1) is 5.54 Å². The molecule has 0 aliphatic carbocycles. The zero-order chi connectivity index (χ0) is 12.2. The van der Waals surface area contributed by atoms with Crippen molar-refractivity contribution >= 4 is 22.6 Å². The molecule has 0 heterocycles. The minimum atomic E-state index is -0.415. The van der Waals surface area contributed by atoms with Crippen LogP contribution < -0.4 is 0 Å². The normalized spacial score (nSPS) is 20.5. The average molecular weight is 325 g/mol. The lowest BCUT2D eigenvalue weighted by Crippen LogP contribution is -2.28. The highest BCUT2D eigenvalue weighted by Gasteiger charge is 2.28. The molecule has 3 heteroatoms. The third-order valence-electron chi connectivity index (χ3n) is 3.52. The van der Waals surface area contributed by atoms with E-state index in [0.717, 1.165) is 6.42 Å². The van der Waals surface area contributed by atoms with E-state index < -0.39 is 5.54 Å². The van der Waals surface area contributed by atoms with Crippen LogP contribution in [0, 0.1) is 22.7 Å². The molecule has 0 amide bonds. The Labute approximate surface area is 108 Å². The smallest absolute Gasteiger partial charge is 0.0973 e. The Morgan fingerprint density at radius 1 is 1.13 bits per heavy atom. The number of rotatable bonds is 6. The molecule has 0 bridgehead atoms. The van der Waals surface area contributed by atoms with Crippen molar-refractivity contribution in [3.05, 3.63) is 4.91 Å². The molecule has 0 saturated carbocycles. The fraction of sp³-hybridized carbons (Fsp3) is 1.00. The van der Waals surface area contributed by atoms with Crippen molar-refractivity contribution in [2.75, 3.05) is 0 Å². The van der Waals surface area contributed by atoms with Gasteiger partial charge in [-0.1, -0.05) is 55.5 Å². The van der Waals surface area contributed by atoms with Crippen LogP contribution in [0.2, 0.25) is 0 Å². The fourth-order valence-corrected chi connectivity index (χ4v) is 2.60. The van der Waals surface area contributed by atoms with E-state index in [9.17, 15) is 4.91 Å². The van der Waals surface area contributed by atoms with Crippen molar-refractivity contribution in [3.8, 4) is 0 Å². The SMILES string of the molecule is C[C@H]([C@H](C)[C@@H](C)CC(C)(C)N=O)[C@@H](C)I. The van der Waals surface area contributed by atoms with Gasteiger partial charge in [0.2, 0.25) is 0 Å². The molecule has 0 spiro atoms. The molecular formula is C12H24INO. The van der Waals surface area contributed by atoms with Crippen LogP contribution in [0.25, 0.3) is 0 Å². The lowest BCUT2D eigenvalue weighted by Gasteiger charge is -2.31. The van der Waals surface area contributed by atoms with E-state index >= 15 is 0 Å². The van der Waals surface area contributed by atoms with Gasteiger partial charge < -0.3 is 0 Å². The zero-order valence-electron chi connectivity index (χ0n) is 10.7. The summed E-state index contributed by atoms with van der Waals surface area (Å²) in [5.41, 5.74) is -0.415. The number of nitrogens with zero attached hydrogens (tertiary/aromatic N) is 1. The summed E-state index contributed by atoms with van der Waals surface area (Å²) in [7, 11) is 0. The minimum absolute atomic E-state index is 0.415. The first-order chi connectivity index (χ1) is 6.71. The van der Waals surface area contributed by atoms with E-state index in [-0.39, 0.29) is 0 Å². The Kier molecular flexibility index (Phi) is 6.30. The predicted molar refractivity (Wildman–Crippen MR) is 75.5 cm³/mol. The first kappa shape index (κ1) is 15.3. The number of halogens is 1. The first-order valence-corrected chi connectivity index (χ1v) is 6.94. The van der Waals surface area contributed by atoms with E-state index in [0.29, 0.717) is 21.7 Å². The van der Waals surface area contributed by atoms with E-state index in [1.807, 2.05) is 13.8 Å². The molecule has 4 atom stereocenters. The molecule has 0 radical (unpaired) electrons.